The van der Waals surface area contributed by atoms with Gasteiger partial charge in [-0.3, -0.25) is 0 Å². The molecular weight excluding hydrogens is 244 g/mol. The molecule has 4 heteroatoms. The van der Waals surface area contributed by atoms with Gasteiger partial charge < -0.3 is 4.42 Å². The van der Waals surface area contributed by atoms with Gasteiger partial charge in [0.15, 0.2) is 12.2 Å². The highest BCUT2D eigenvalue weighted by atomic mass is 79.9. The van der Waals surface area contributed by atoms with Crippen LogP contribution in [0.3, 0.4) is 0 Å². The summed E-state index contributed by atoms with van der Waals surface area (Å²) in [5.41, 5.74) is 1.50. The molecule has 0 fully saturated rings. The lowest BCUT2D eigenvalue weighted by molar-refractivity contribution is 0.571. The molecule has 0 saturated carbocycles. The van der Waals surface area contributed by atoms with E-state index in [9.17, 15) is 0 Å². The molecular formula is C10H5BrN2O. The Hall–Kier alpha value is -1.60. The Bertz CT molecular complexity index is 485. The van der Waals surface area contributed by atoms with Gasteiger partial charge in [-0.2, -0.15) is 5.26 Å². The number of rotatable bonds is 1. The summed E-state index contributed by atoms with van der Waals surface area (Å²) in [6.45, 7) is 0. The van der Waals surface area contributed by atoms with E-state index in [0.29, 0.717) is 11.3 Å². The third-order valence-corrected chi connectivity index (χ3v) is 2.45. The molecule has 2 aromatic rings. The molecule has 14 heavy (non-hydrogen) atoms. The standard InChI is InChI=1S/C10H5BrN2O/c11-9-3-7(4-12)1-2-8(9)10-5-13-6-14-10/h1-3,5-6H. The predicted molar refractivity (Wildman–Crippen MR) is 54.4 cm³/mol. The van der Waals surface area contributed by atoms with Crippen LogP contribution in [-0.4, -0.2) is 4.98 Å². The van der Waals surface area contributed by atoms with Crippen molar-refractivity contribution in [3.63, 3.8) is 0 Å². The Morgan fingerprint density at radius 1 is 1.43 bits per heavy atom. The highest BCUT2D eigenvalue weighted by molar-refractivity contribution is 9.10. The smallest absolute Gasteiger partial charge is 0.181 e. The van der Waals surface area contributed by atoms with E-state index in [1.807, 2.05) is 6.07 Å². The molecule has 0 atom stereocenters. The number of nitriles is 1. The lowest BCUT2D eigenvalue weighted by Crippen LogP contribution is -1.79. The highest BCUT2D eigenvalue weighted by Gasteiger charge is 2.06. The molecule has 3 nitrogen and oxygen atoms in total. The van der Waals surface area contributed by atoms with E-state index in [-0.39, 0.29) is 0 Å². The monoisotopic (exact) mass is 248 g/mol. The van der Waals surface area contributed by atoms with Crippen LogP contribution in [0, 0.1) is 11.3 Å². The Balaban J connectivity index is 2.52. The lowest BCUT2D eigenvalue weighted by Gasteiger charge is -1.99. The number of benzene rings is 1. The maximum atomic E-state index is 8.68. The molecule has 0 amide bonds. The zero-order chi connectivity index (χ0) is 9.97. The van der Waals surface area contributed by atoms with E-state index in [1.54, 1.807) is 18.3 Å². The average Bonchev–Trinajstić information content (AvgIpc) is 2.70. The normalized spacial score (nSPS) is 9.71. The van der Waals surface area contributed by atoms with Crippen LogP contribution in [0.2, 0.25) is 0 Å². The van der Waals surface area contributed by atoms with Gasteiger partial charge in [-0.15, -0.1) is 0 Å². The summed E-state index contributed by atoms with van der Waals surface area (Å²) in [5, 5.41) is 8.68. The average molecular weight is 249 g/mol. The van der Waals surface area contributed by atoms with Crippen molar-refractivity contribution in [3.8, 4) is 17.4 Å². The van der Waals surface area contributed by atoms with E-state index in [0.717, 1.165) is 10.0 Å². The van der Waals surface area contributed by atoms with Crippen LogP contribution in [0.4, 0.5) is 0 Å². The van der Waals surface area contributed by atoms with Crippen LogP contribution < -0.4 is 0 Å². The minimum atomic E-state index is 0.611. The van der Waals surface area contributed by atoms with Crippen molar-refractivity contribution in [1.82, 2.24) is 4.98 Å². The Kier molecular flexibility index (Phi) is 2.33. The minimum absolute atomic E-state index is 0.611. The fourth-order valence-corrected chi connectivity index (χ4v) is 1.71. The van der Waals surface area contributed by atoms with E-state index < -0.39 is 0 Å². The summed E-state index contributed by atoms with van der Waals surface area (Å²) in [6.07, 6.45) is 3.01. The van der Waals surface area contributed by atoms with Crippen LogP contribution >= 0.6 is 15.9 Å². The number of halogens is 1. The van der Waals surface area contributed by atoms with E-state index >= 15 is 0 Å². The topological polar surface area (TPSA) is 49.8 Å². The van der Waals surface area contributed by atoms with Crippen LogP contribution in [0.1, 0.15) is 5.56 Å². The Morgan fingerprint density at radius 3 is 2.86 bits per heavy atom. The zero-order valence-electron chi connectivity index (χ0n) is 7.07. The first-order chi connectivity index (χ1) is 6.81. The van der Waals surface area contributed by atoms with Gasteiger partial charge in [-0.25, -0.2) is 4.98 Å². The van der Waals surface area contributed by atoms with Gasteiger partial charge >= 0.3 is 0 Å². The van der Waals surface area contributed by atoms with Crippen LogP contribution in [-0.2, 0) is 0 Å². The summed E-state index contributed by atoms with van der Waals surface area (Å²) in [5.74, 6) is 0.682. The Labute approximate surface area is 89.1 Å². The summed E-state index contributed by atoms with van der Waals surface area (Å²) in [4.78, 5) is 3.83. The quantitative estimate of drug-likeness (QED) is 0.780. The molecule has 1 heterocycles. The van der Waals surface area contributed by atoms with E-state index in [4.69, 9.17) is 9.68 Å². The van der Waals surface area contributed by atoms with E-state index in [1.165, 1.54) is 6.39 Å². The first-order valence-electron chi connectivity index (χ1n) is 3.90. The first kappa shape index (κ1) is 8.97. The number of nitrogens with zero attached hydrogens (tertiary/aromatic N) is 2. The summed E-state index contributed by atoms with van der Waals surface area (Å²) < 4.78 is 5.98. The third-order valence-electron chi connectivity index (χ3n) is 1.80. The number of hydrogen-bond acceptors (Lipinski definition) is 3. The van der Waals surface area contributed by atoms with Gasteiger partial charge in [0.2, 0.25) is 0 Å². The molecule has 0 radical (unpaired) electrons. The second-order valence-electron chi connectivity index (χ2n) is 2.67. The zero-order valence-corrected chi connectivity index (χ0v) is 8.65. The SMILES string of the molecule is N#Cc1ccc(-c2cnco2)c(Br)c1. The summed E-state index contributed by atoms with van der Waals surface area (Å²) in [7, 11) is 0. The fourth-order valence-electron chi connectivity index (χ4n) is 1.13. The van der Waals surface area contributed by atoms with Crippen molar-refractivity contribution in [3.05, 3.63) is 40.8 Å². The van der Waals surface area contributed by atoms with Crippen LogP contribution in [0.5, 0.6) is 0 Å². The summed E-state index contributed by atoms with van der Waals surface area (Å²) >= 11 is 3.37. The number of hydrogen-bond donors (Lipinski definition) is 0. The molecule has 1 aromatic carbocycles. The third kappa shape index (κ3) is 1.54. The molecule has 0 aliphatic heterocycles. The van der Waals surface area contributed by atoms with Gasteiger partial charge in [0.05, 0.1) is 17.8 Å². The highest BCUT2D eigenvalue weighted by Crippen LogP contribution is 2.28. The van der Waals surface area contributed by atoms with E-state index in [2.05, 4.69) is 27.0 Å². The largest absolute Gasteiger partial charge is 0.443 e. The second-order valence-corrected chi connectivity index (χ2v) is 3.53. The number of aromatic nitrogens is 1. The lowest BCUT2D eigenvalue weighted by atomic mass is 10.1. The molecule has 1 aromatic heterocycles. The molecule has 0 spiro atoms. The van der Waals surface area contributed by atoms with Crippen molar-refractivity contribution in [2.24, 2.45) is 0 Å². The molecule has 0 N–H and O–H groups in total. The van der Waals surface area contributed by atoms with Crippen LogP contribution in [0.25, 0.3) is 11.3 Å². The first-order valence-corrected chi connectivity index (χ1v) is 4.69. The molecule has 0 saturated heterocycles. The van der Waals surface area contributed by atoms with Gasteiger partial charge in [0.1, 0.15) is 0 Å². The Morgan fingerprint density at radius 2 is 2.29 bits per heavy atom. The van der Waals surface area contributed by atoms with Gasteiger partial charge in [-0.1, -0.05) is 0 Å². The van der Waals surface area contributed by atoms with Gasteiger partial charge in [0, 0.05) is 10.0 Å². The molecule has 0 bridgehead atoms. The predicted octanol–water partition coefficient (Wildman–Crippen LogP) is 2.98. The maximum Gasteiger partial charge on any atom is 0.181 e. The van der Waals surface area contributed by atoms with Crippen molar-refractivity contribution >= 4 is 15.9 Å². The molecule has 68 valence electrons. The van der Waals surface area contributed by atoms with Crippen LogP contribution in [0.15, 0.2) is 39.7 Å². The van der Waals surface area contributed by atoms with Gasteiger partial charge in [0.25, 0.3) is 0 Å². The summed E-state index contributed by atoms with van der Waals surface area (Å²) in [6, 6.07) is 7.37. The second kappa shape index (κ2) is 3.64. The fraction of sp³-hybridized carbons (Fsp3) is 0. The maximum absolute atomic E-state index is 8.68. The number of oxazole rings is 1. The molecule has 0 aliphatic carbocycles. The molecule has 0 aliphatic rings. The van der Waals surface area contributed by atoms with Crippen molar-refractivity contribution in [1.29, 1.82) is 5.26 Å². The van der Waals surface area contributed by atoms with Crippen molar-refractivity contribution < 1.29 is 4.42 Å². The van der Waals surface area contributed by atoms with Crippen molar-refractivity contribution in [2.75, 3.05) is 0 Å². The molecule has 2 rings (SSSR count). The van der Waals surface area contributed by atoms with Crippen molar-refractivity contribution in [2.45, 2.75) is 0 Å². The molecule has 0 unspecified atom stereocenters. The van der Waals surface area contributed by atoms with Gasteiger partial charge in [-0.05, 0) is 34.1 Å². The minimum Gasteiger partial charge on any atom is -0.443 e.